The Labute approximate surface area is 257 Å². The Balaban J connectivity index is 1.39. The van der Waals surface area contributed by atoms with Gasteiger partial charge in [-0.15, -0.1) is 10.2 Å². The molecule has 0 unspecified atom stereocenters. The Hall–Kier alpha value is -4.35. The monoisotopic (exact) mass is 615 g/mol. The van der Waals surface area contributed by atoms with Gasteiger partial charge in [-0.05, 0) is 54.8 Å². The molecule has 6 rings (SSSR count). The molecule has 1 N–H and O–H groups in total. The van der Waals surface area contributed by atoms with E-state index in [1.807, 2.05) is 19.9 Å². The van der Waals surface area contributed by atoms with Gasteiger partial charge in [0, 0.05) is 11.3 Å². The van der Waals surface area contributed by atoms with E-state index in [4.69, 9.17) is 14.2 Å². The van der Waals surface area contributed by atoms with Gasteiger partial charge in [-0.2, -0.15) is 0 Å². The van der Waals surface area contributed by atoms with Crippen molar-refractivity contribution in [1.29, 1.82) is 0 Å². The molecule has 9 nitrogen and oxygen atoms in total. The van der Waals surface area contributed by atoms with Gasteiger partial charge < -0.3 is 19.3 Å². The van der Waals surface area contributed by atoms with E-state index in [1.54, 1.807) is 36.4 Å². The molecular formula is C32H29N3O6S2. The number of ketones is 1. The molecule has 43 heavy (non-hydrogen) atoms. The van der Waals surface area contributed by atoms with Crippen molar-refractivity contribution >= 4 is 45.7 Å². The molecule has 0 radical (unpaired) electrons. The first-order chi connectivity index (χ1) is 20.9. The lowest BCUT2D eigenvalue weighted by Crippen LogP contribution is -2.29. The van der Waals surface area contributed by atoms with Gasteiger partial charge >= 0.3 is 5.91 Å². The smallest absolute Gasteiger partial charge is 0.301 e. The number of aliphatic hydroxyl groups is 1. The van der Waals surface area contributed by atoms with Gasteiger partial charge in [-0.25, -0.2) is 0 Å². The van der Waals surface area contributed by atoms with E-state index in [9.17, 15) is 14.7 Å². The maximum absolute atomic E-state index is 13.6. The van der Waals surface area contributed by atoms with Crippen molar-refractivity contribution in [1.82, 2.24) is 10.2 Å². The minimum Gasteiger partial charge on any atom is -0.507 e. The summed E-state index contributed by atoms with van der Waals surface area (Å²) in [6.07, 6.45) is 0.820. The molecule has 0 saturated carbocycles. The largest absolute Gasteiger partial charge is 0.507 e. The highest BCUT2D eigenvalue weighted by Gasteiger charge is 2.48. The predicted molar refractivity (Wildman–Crippen MR) is 165 cm³/mol. The molecule has 1 aromatic heterocycles. The van der Waals surface area contributed by atoms with Crippen LogP contribution < -0.4 is 19.1 Å². The van der Waals surface area contributed by atoms with E-state index in [1.165, 1.54) is 33.6 Å². The second-order valence-electron chi connectivity index (χ2n) is 10.1. The van der Waals surface area contributed by atoms with Gasteiger partial charge in [0.15, 0.2) is 15.8 Å². The van der Waals surface area contributed by atoms with Crippen LogP contribution in [-0.2, 0) is 15.3 Å². The molecule has 2 aliphatic rings. The molecule has 2 aliphatic heterocycles. The Bertz CT molecular complexity index is 1700. The lowest BCUT2D eigenvalue weighted by Gasteiger charge is -2.23. The summed E-state index contributed by atoms with van der Waals surface area (Å²) in [4.78, 5) is 28.6. The molecule has 4 aromatic rings. The standard InChI is InChI=1S/C32H29N3O6S2/c1-3-13-39-23-6-4-5-21(16-23)27-26(28(36)22-11-12-24-25(17-22)41-15-14-40-24)29(37)30(38)35(27)31-33-34-32(43-31)42-18-20-9-7-19(2)8-10-20/h4-12,16-17,27,36H,3,13-15,18H2,1-2H3/t27-/m0/s1. The number of aromatic nitrogens is 2. The number of nitrogens with zero attached hydrogens (tertiary/aromatic N) is 3. The zero-order chi connectivity index (χ0) is 29.9. The molecule has 1 atom stereocenters. The van der Waals surface area contributed by atoms with Gasteiger partial charge in [0.2, 0.25) is 5.13 Å². The number of fused-ring (bicyclic) bond motifs is 1. The molecule has 3 aromatic carbocycles. The van der Waals surface area contributed by atoms with E-state index in [0.717, 1.165) is 12.0 Å². The molecular weight excluding hydrogens is 587 g/mol. The van der Waals surface area contributed by atoms with Crippen LogP contribution in [0.3, 0.4) is 0 Å². The molecule has 1 amide bonds. The van der Waals surface area contributed by atoms with Crippen LogP contribution in [-0.4, -0.2) is 46.8 Å². The molecule has 0 aliphatic carbocycles. The maximum Gasteiger partial charge on any atom is 0.301 e. The summed E-state index contributed by atoms with van der Waals surface area (Å²) >= 11 is 2.73. The number of rotatable bonds is 9. The molecule has 0 spiro atoms. The van der Waals surface area contributed by atoms with Crippen molar-refractivity contribution in [3.05, 3.63) is 94.6 Å². The zero-order valence-corrected chi connectivity index (χ0v) is 25.2. The van der Waals surface area contributed by atoms with Crippen LogP contribution in [0.15, 0.2) is 76.6 Å². The minimum atomic E-state index is -0.957. The van der Waals surface area contributed by atoms with Crippen LogP contribution in [0.1, 0.15) is 41.6 Å². The first-order valence-corrected chi connectivity index (χ1v) is 15.7. The molecule has 1 saturated heterocycles. The van der Waals surface area contributed by atoms with Crippen molar-refractivity contribution in [3.63, 3.8) is 0 Å². The highest BCUT2D eigenvalue weighted by Crippen LogP contribution is 2.45. The summed E-state index contributed by atoms with van der Waals surface area (Å²) in [5.41, 5.74) is 3.19. The summed E-state index contributed by atoms with van der Waals surface area (Å²) in [6.45, 7) is 5.36. The van der Waals surface area contributed by atoms with Gasteiger partial charge in [0.05, 0.1) is 18.2 Å². The molecule has 0 bridgehead atoms. The quantitative estimate of drug-likeness (QED) is 0.0760. The van der Waals surface area contributed by atoms with Crippen molar-refractivity contribution in [3.8, 4) is 17.2 Å². The van der Waals surface area contributed by atoms with Gasteiger partial charge in [0.25, 0.3) is 5.78 Å². The van der Waals surface area contributed by atoms with Crippen LogP contribution in [0.5, 0.6) is 17.2 Å². The number of amides is 1. The van der Waals surface area contributed by atoms with Crippen molar-refractivity contribution in [2.24, 2.45) is 0 Å². The van der Waals surface area contributed by atoms with E-state index in [-0.39, 0.29) is 16.5 Å². The summed E-state index contributed by atoms with van der Waals surface area (Å²) in [5, 5.41) is 20.4. The number of hydrogen-bond donors (Lipinski definition) is 1. The van der Waals surface area contributed by atoms with Gasteiger partial charge in [-0.1, -0.05) is 72.0 Å². The molecule has 220 valence electrons. The average molecular weight is 616 g/mol. The van der Waals surface area contributed by atoms with E-state index in [0.29, 0.717) is 58.3 Å². The molecule has 1 fully saturated rings. The lowest BCUT2D eigenvalue weighted by atomic mass is 9.95. The number of carbonyl (C=O) groups is 2. The van der Waals surface area contributed by atoms with Crippen LogP contribution >= 0.6 is 23.1 Å². The SMILES string of the molecule is CCCOc1cccc([C@H]2C(=C(O)c3ccc4c(c3)OCCO4)C(=O)C(=O)N2c2nnc(SCc3ccc(C)cc3)s2)c1. The fourth-order valence-electron chi connectivity index (χ4n) is 4.87. The number of benzene rings is 3. The number of aliphatic hydroxyl groups excluding tert-OH is 1. The highest BCUT2D eigenvalue weighted by molar-refractivity contribution is 8.00. The van der Waals surface area contributed by atoms with Crippen LogP contribution in [0.2, 0.25) is 0 Å². The van der Waals surface area contributed by atoms with Crippen molar-refractivity contribution in [2.75, 3.05) is 24.7 Å². The highest BCUT2D eigenvalue weighted by atomic mass is 32.2. The Morgan fingerprint density at radius 1 is 1.05 bits per heavy atom. The van der Waals surface area contributed by atoms with Gasteiger partial charge in [-0.3, -0.25) is 14.5 Å². The fraction of sp³-hybridized carbons (Fsp3) is 0.250. The van der Waals surface area contributed by atoms with Crippen LogP contribution in [0.25, 0.3) is 5.76 Å². The second kappa shape index (κ2) is 12.5. The third kappa shape index (κ3) is 5.95. The maximum atomic E-state index is 13.6. The van der Waals surface area contributed by atoms with Gasteiger partial charge in [0.1, 0.15) is 24.7 Å². The van der Waals surface area contributed by atoms with E-state index in [2.05, 4.69) is 34.5 Å². The Kier molecular flexibility index (Phi) is 8.35. The number of hydrogen-bond acceptors (Lipinski definition) is 10. The number of carbonyl (C=O) groups excluding carboxylic acids is 2. The number of Topliss-reactive ketones (excluding diaryl/α,β-unsaturated/α-hetero) is 1. The average Bonchev–Trinajstić information content (AvgIpc) is 3.61. The first kappa shape index (κ1) is 28.8. The van der Waals surface area contributed by atoms with Crippen LogP contribution in [0.4, 0.5) is 5.13 Å². The first-order valence-electron chi connectivity index (χ1n) is 13.9. The predicted octanol–water partition coefficient (Wildman–Crippen LogP) is 6.33. The fourth-order valence-corrected chi connectivity index (χ4v) is 6.70. The topological polar surface area (TPSA) is 111 Å². The normalized spacial score (nSPS) is 17.3. The zero-order valence-electron chi connectivity index (χ0n) is 23.6. The Morgan fingerprint density at radius 2 is 1.84 bits per heavy atom. The van der Waals surface area contributed by atoms with Crippen LogP contribution in [0, 0.1) is 6.92 Å². The lowest BCUT2D eigenvalue weighted by molar-refractivity contribution is -0.132. The Morgan fingerprint density at radius 3 is 2.63 bits per heavy atom. The van der Waals surface area contributed by atoms with Crippen molar-refractivity contribution < 1.29 is 28.9 Å². The number of aryl methyl sites for hydroxylation is 1. The van der Waals surface area contributed by atoms with E-state index < -0.39 is 17.7 Å². The number of thioether (sulfide) groups is 1. The third-order valence-corrected chi connectivity index (χ3v) is 9.12. The van der Waals surface area contributed by atoms with E-state index >= 15 is 0 Å². The summed E-state index contributed by atoms with van der Waals surface area (Å²) in [7, 11) is 0. The summed E-state index contributed by atoms with van der Waals surface area (Å²) in [5.74, 6) is 0.340. The van der Waals surface area contributed by atoms with Crippen molar-refractivity contribution in [2.45, 2.75) is 36.4 Å². The summed E-state index contributed by atoms with van der Waals surface area (Å²) < 4.78 is 17.8. The minimum absolute atomic E-state index is 0.0571. The molecule has 3 heterocycles. The third-order valence-electron chi connectivity index (χ3n) is 6.99. The second-order valence-corrected chi connectivity index (χ2v) is 12.3. The number of anilines is 1. The molecule has 11 heteroatoms. The number of ether oxygens (including phenoxy) is 3. The summed E-state index contributed by atoms with van der Waals surface area (Å²) in [6, 6.07) is 19.4.